The molecule has 122 valence electrons. The first-order chi connectivity index (χ1) is 10.3. The summed E-state index contributed by atoms with van der Waals surface area (Å²) in [6.07, 6.45) is -4.78. The molecule has 1 saturated heterocycles. The molecule has 1 heterocycles. The number of nitrogens with one attached hydrogen (secondary N) is 1. The highest BCUT2D eigenvalue weighted by atomic mass is 19.4. The molecule has 0 spiro atoms. The number of benzene rings is 1. The Morgan fingerprint density at radius 2 is 1.77 bits per heavy atom. The van der Waals surface area contributed by atoms with Crippen molar-refractivity contribution in [3.63, 3.8) is 0 Å². The Bertz CT molecular complexity index is 550. The van der Waals surface area contributed by atoms with Crippen LogP contribution in [0.25, 0.3) is 0 Å². The van der Waals surface area contributed by atoms with Crippen molar-refractivity contribution in [2.24, 2.45) is 0 Å². The van der Waals surface area contributed by atoms with Crippen LogP contribution in [-0.4, -0.2) is 25.0 Å². The van der Waals surface area contributed by atoms with Gasteiger partial charge in [0.15, 0.2) is 0 Å². The van der Waals surface area contributed by atoms with Gasteiger partial charge < -0.3 is 5.32 Å². The molecule has 0 aromatic heterocycles. The van der Waals surface area contributed by atoms with Gasteiger partial charge in [0.25, 0.3) is 0 Å². The average Bonchev–Trinajstić information content (AvgIpc) is 2.46. The number of hydrogen-bond donors (Lipinski definition) is 1. The highest BCUT2D eigenvalue weighted by molar-refractivity contribution is 5.84. The maximum atomic E-state index is 13.9. The highest BCUT2D eigenvalue weighted by Gasteiger charge is 2.37. The van der Waals surface area contributed by atoms with Gasteiger partial charge >= 0.3 is 6.18 Å². The molecular formula is C15H16F5NO. The summed E-state index contributed by atoms with van der Waals surface area (Å²) < 4.78 is 64.1. The van der Waals surface area contributed by atoms with Crippen LogP contribution >= 0.6 is 0 Å². The Labute approximate surface area is 124 Å². The van der Waals surface area contributed by atoms with Gasteiger partial charge in [-0.1, -0.05) is 0 Å². The molecule has 0 amide bonds. The first-order valence-electron chi connectivity index (χ1n) is 7.07. The van der Waals surface area contributed by atoms with Gasteiger partial charge in [0, 0.05) is 12.5 Å². The predicted octanol–water partition coefficient (Wildman–Crippen LogP) is 3.50. The highest BCUT2D eigenvalue weighted by Crippen LogP contribution is 2.30. The van der Waals surface area contributed by atoms with Crippen molar-refractivity contribution in [3.8, 4) is 0 Å². The molecule has 7 heteroatoms. The molecule has 0 atom stereocenters. The second-order valence-electron chi connectivity index (χ2n) is 5.41. The molecule has 2 rings (SSSR count). The number of carbonyl (C=O) groups is 1. The average molecular weight is 321 g/mol. The third kappa shape index (κ3) is 4.03. The van der Waals surface area contributed by atoms with Gasteiger partial charge in [-0.2, -0.15) is 13.2 Å². The largest absolute Gasteiger partial charge is 0.449 e. The number of ketones is 1. The van der Waals surface area contributed by atoms with Crippen molar-refractivity contribution in [3.05, 3.63) is 34.9 Å². The predicted molar refractivity (Wildman–Crippen MR) is 70.6 cm³/mol. The van der Waals surface area contributed by atoms with Crippen LogP contribution in [0.3, 0.4) is 0 Å². The molecule has 1 N–H and O–H groups in total. The van der Waals surface area contributed by atoms with Gasteiger partial charge in [-0.3, -0.25) is 4.79 Å². The number of carbonyl (C=O) groups excluding carboxylic acids is 1. The molecule has 0 unspecified atom stereocenters. The van der Waals surface area contributed by atoms with E-state index in [0.29, 0.717) is 37.6 Å². The number of alkyl halides is 3. The van der Waals surface area contributed by atoms with Crippen LogP contribution in [0.4, 0.5) is 22.0 Å². The topological polar surface area (TPSA) is 29.1 Å². The minimum atomic E-state index is -4.92. The number of piperidine rings is 1. The van der Waals surface area contributed by atoms with Crippen molar-refractivity contribution >= 4 is 5.78 Å². The van der Waals surface area contributed by atoms with E-state index in [-0.39, 0.29) is 17.9 Å². The van der Waals surface area contributed by atoms with E-state index in [1.165, 1.54) is 6.07 Å². The molecule has 1 fully saturated rings. The normalized spacial score (nSPS) is 16.8. The smallest absolute Gasteiger partial charge is 0.317 e. The lowest BCUT2D eigenvalue weighted by atomic mass is 9.88. The lowest BCUT2D eigenvalue weighted by molar-refractivity contribution is -0.171. The summed E-state index contributed by atoms with van der Waals surface area (Å²) in [5.41, 5.74) is 0.268. The molecule has 0 aliphatic carbocycles. The maximum absolute atomic E-state index is 13.9. The summed E-state index contributed by atoms with van der Waals surface area (Å²) in [7, 11) is 0. The van der Waals surface area contributed by atoms with E-state index in [2.05, 4.69) is 5.32 Å². The van der Waals surface area contributed by atoms with Crippen LogP contribution in [0.15, 0.2) is 12.1 Å². The Hall–Kier alpha value is -1.50. The molecule has 22 heavy (non-hydrogen) atoms. The van der Waals surface area contributed by atoms with Gasteiger partial charge in [-0.25, -0.2) is 8.78 Å². The second kappa shape index (κ2) is 6.73. The van der Waals surface area contributed by atoms with Gasteiger partial charge in [-0.15, -0.1) is 0 Å². The van der Waals surface area contributed by atoms with Crippen molar-refractivity contribution in [1.82, 2.24) is 5.32 Å². The van der Waals surface area contributed by atoms with E-state index in [9.17, 15) is 26.7 Å². The molecule has 1 aromatic rings. The summed E-state index contributed by atoms with van der Waals surface area (Å²) in [6.45, 7) is 1.42. The minimum absolute atomic E-state index is 0.0486. The molecule has 1 aromatic carbocycles. The van der Waals surface area contributed by atoms with E-state index in [0.717, 1.165) is 0 Å². The van der Waals surface area contributed by atoms with Gasteiger partial charge in [0.2, 0.25) is 5.78 Å². The van der Waals surface area contributed by atoms with Crippen LogP contribution in [0.5, 0.6) is 0 Å². The summed E-state index contributed by atoms with van der Waals surface area (Å²) in [4.78, 5) is 10.9. The number of Topliss-reactive ketones (excluding diaryl/α,β-unsaturated/α-hetero) is 1. The lowest BCUT2D eigenvalue weighted by Crippen LogP contribution is -2.27. The van der Waals surface area contributed by atoms with Crippen molar-refractivity contribution in [2.45, 2.75) is 37.8 Å². The number of aryl methyl sites for hydroxylation is 1. The fourth-order valence-electron chi connectivity index (χ4n) is 2.64. The molecule has 1 aliphatic rings. The van der Waals surface area contributed by atoms with E-state index in [4.69, 9.17) is 0 Å². The van der Waals surface area contributed by atoms with Gasteiger partial charge in [0.1, 0.15) is 11.6 Å². The quantitative estimate of drug-likeness (QED) is 0.860. The zero-order valence-electron chi connectivity index (χ0n) is 11.8. The third-order valence-corrected chi connectivity index (χ3v) is 3.88. The van der Waals surface area contributed by atoms with Crippen LogP contribution < -0.4 is 5.32 Å². The van der Waals surface area contributed by atoms with E-state index in [1.54, 1.807) is 0 Å². The first-order valence-corrected chi connectivity index (χ1v) is 7.07. The lowest BCUT2D eigenvalue weighted by Gasteiger charge is -2.24. The zero-order valence-corrected chi connectivity index (χ0v) is 11.8. The summed E-state index contributed by atoms with van der Waals surface area (Å²) >= 11 is 0. The molecule has 0 bridgehead atoms. The number of halogens is 5. The number of hydrogen-bond acceptors (Lipinski definition) is 2. The molecular weight excluding hydrogens is 305 g/mol. The standard InChI is InChI=1S/C15H16F5NO/c16-12-8-13(17)11(9-3-5-21-6-4-9)7-10(12)1-2-14(22)15(18,19)20/h7-9,21H,1-6H2. The fraction of sp³-hybridized carbons (Fsp3) is 0.533. The van der Waals surface area contributed by atoms with E-state index in [1.807, 2.05) is 0 Å². The molecule has 2 nitrogen and oxygen atoms in total. The Morgan fingerprint density at radius 1 is 1.14 bits per heavy atom. The minimum Gasteiger partial charge on any atom is -0.317 e. The van der Waals surface area contributed by atoms with Crippen molar-refractivity contribution in [1.29, 1.82) is 0 Å². The summed E-state index contributed by atoms with van der Waals surface area (Å²) in [5, 5.41) is 3.12. The summed E-state index contributed by atoms with van der Waals surface area (Å²) in [5.74, 6) is -3.58. The monoisotopic (exact) mass is 321 g/mol. The van der Waals surface area contributed by atoms with Gasteiger partial charge in [-0.05, 0) is 55.5 Å². The zero-order chi connectivity index (χ0) is 16.3. The van der Waals surface area contributed by atoms with E-state index < -0.39 is 30.0 Å². The van der Waals surface area contributed by atoms with Crippen LogP contribution in [0, 0.1) is 11.6 Å². The fourth-order valence-corrected chi connectivity index (χ4v) is 2.64. The Morgan fingerprint density at radius 3 is 2.36 bits per heavy atom. The SMILES string of the molecule is O=C(CCc1cc(C2CCNCC2)c(F)cc1F)C(F)(F)F. The van der Waals surface area contributed by atoms with Crippen LogP contribution in [-0.2, 0) is 11.2 Å². The first kappa shape index (κ1) is 16.9. The number of rotatable bonds is 4. The molecule has 0 saturated carbocycles. The molecule has 1 aliphatic heterocycles. The van der Waals surface area contributed by atoms with Crippen LogP contribution in [0.2, 0.25) is 0 Å². The van der Waals surface area contributed by atoms with Crippen LogP contribution in [0.1, 0.15) is 36.3 Å². The molecule has 0 radical (unpaired) electrons. The summed E-state index contributed by atoms with van der Waals surface area (Å²) in [6, 6.07) is 1.97. The third-order valence-electron chi connectivity index (χ3n) is 3.88. The Kier molecular flexibility index (Phi) is 5.16. The van der Waals surface area contributed by atoms with Gasteiger partial charge in [0.05, 0.1) is 0 Å². The second-order valence-corrected chi connectivity index (χ2v) is 5.41. The van der Waals surface area contributed by atoms with Crippen molar-refractivity contribution < 1.29 is 26.7 Å². The van der Waals surface area contributed by atoms with Crippen molar-refractivity contribution in [2.75, 3.05) is 13.1 Å². The Balaban J connectivity index is 2.15. The maximum Gasteiger partial charge on any atom is 0.449 e. The van der Waals surface area contributed by atoms with E-state index >= 15 is 0 Å².